The number of fused-ring (bicyclic) bond motifs is 3. The van der Waals surface area contributed by atoms with Crippen LogP contribution in [0.2, 0.25) is 0 Å². The summed E-state index contributed by atoms with van der Waals surface area (Å²) in [7, 11) is -1.15. The molecule has 6 rings (SSSR count). The Hall–Kier alpha value is -3.88. The zero-order valence-electron chi connectivity index (χ0n) is 22.0. The maximum absolute atomic E-state index is 14.0. The highest BCUT2D eigenvalue weighted by Crippen LogP contribution is 2.53. The quantitative estimate of drug-likeness (QED) is 0.307. The van der Waals surface area contributed by atoms with Crippen LogP contribution in [0.4, 0.5) is 17.1 Å². The first-order chi connectivity index (χ1) is 18.8. The van der Waals surface area contributed by atoms with Gasteiger partial charge >= 0.3 is 7.12 Å². The Morgan fingerprint density at radius 1 is 0.897 bits per heavy atom. The molecule has 4 atom stereocenters. The molecule has 2 amide bonds. The molecule has 3 aromatic carbocycles. The fourth-order valence-electron chi connectivity index (χ4n) is 6.44. The van der Waals surface area contributed by atoms with E-state index in [1.165, 1.54) is 4.90 Å². The Kier molecular flexibility index (Phi) is 6.53. The number of aromatic hydroxyl groups is 1. The molecular formula is C31H31BN2O5. The summed E-state index contributed by atoms with van der Waals surface area (Å²) in [5.74, 6) is -1.51. The van der Waals surface area contributed by atoms with E-state index >= 15 is 0 Å². The molecule has 0 radical (unpaired) electrons. The Balaban J connectivity index is 1.31. The summed E-state index contributed by atoms with van der Waals surface area (Å²) in [6.45, 7) is 4.10. The van der Waals surface area contributed by atoms with Crippen molar-refractivity contribution in [3.8, 4) is 5.75 Å². The number of carbonyl (C=O) groups excluding carboxylic acids is 2. The van der Waals surface area contributed by atoms with Gasteiger partial charge in [0.1, 0.15) is 5.75 Å². The van der Waals surface area contributed by atoms with Crippen molar-refractivity contribution in [1.29, 1.82) is 0 Å². The number of rotatable bonds is 5. The molecule has 2 fully saturated rings. The number of para-hydroxylation sites is 1. The van der Waals surface area contributed by atoms with Crippen LogP contribution in [0, 0.1) is 23.7 Å². The molecule has 0 unspecified atom stereocenters. The summed E-state index contributed by atoms with van der Waals surface area (Å²) in [5, 5.41) is 24.2. The lowest BCUT2D eigenvalue weighted by molar-refractivity contribution is -0.123. The molecular weight excluding hydrogens is 491 g/mol. The highest BCUT2D eigenvalue weighted by Gasteiger charge is 2.58. The van der Waals surface area contributed by atoms with Gasteiger partial charge in [-0.1, -0.05) is 49.8 Å². The number of nitrogens with zero attached hydrogens (tertiary/aromatic N) is 1. The van der Waals surface area contributed by atoms with Crippen LogP contribution in [0.25, 0.3) is 0 Å². The Bertz CT molecular complexity index is 1420. The van der Waals surface area contributed by atoms with Gasteiger partial charge < -0.3 is 20.1 Å². The molecule has 0 bridgehead atoms. The van der Waals surface area contributed by atoms with Crippen LogP contribution in [0.5, 0.6) is 5.75 Å². The van der Waals surface area contributed by atoms with Crippen molar-refractivity contribution in [3.63, 3.8) is 0 Å². The number of phenols is 1. The monoisotopic (exact) mass is 522 g/mol. The van der Waals surface area contributed by atoms with Gasteiger partial charge in [0.25, 0.3) is 0 Å². The van der Waals surface area contributed by atoms with E-state index in [2.05, 4.69) is 19.2 Å². The zero-order chi connectivity index (χ0) is 27.3. The molecule has 7 nitrogen and oxygen atoms in total. The maximum atomic E-state index is 14.0. The molecule has 2 aliphatic heterocycles. The van der Waals surface area contributed by atoms with E-state index in [0.29, 0.717) is 18.5 Å². The number of carbonyl (C=O) groups is 2. The van der Waals surface area contributed by atoms with Crippen LogP contribution in [-0.4, -0.2) is 29.1 Å². The lowest BCUT2D eigenvalue weighted by Crippen LogP contribution is -2.45. The van der Waals surface area contributed by atoms with Crippen molar-refractivity contribution < 1.29 is 24.4 Å². The third-order valence-electron chi connectivity index (χ3n) is 8.30. The molecule has 0 spiro atoms. The van der Waals surface area contributed by atoms with E-state index in [-0.39, 0.29) is 29.4 Å². The topological polar surface area (TPSA) is 99.1 Å². The van der Waals surface area contributed by atoms with Gasteiger partial charge in [-0.15, -0.1) is 0 Å². The average Bonchev–Trinajstić information content (AvgIpc) is 3.19. The van der Waals surface area contributed by atoms with Crippen molar-refractivity contribution in [3.05, 3.63) is 95.5 Å². The number of hydrogen-bond donors (Lipinski definition) is 3. The van der Waals surface area contributed by atoms with E-state index < -0.39 is 25.1 Å². The fourth-order valence-corrected chi connectivity index (χ4v) is 6.44. The number of allylic oxidation sites excluding steroid dienone is 2. The highest BCUT2D eigenvalue weighted by molar-refractivity contribution is 6.53. The summed E-state index contributed by atoms with van der Waals surface area (Å²) in [4.78, 5) is 29.1. The summed E-state index contributed by atoms with van der Waals surface area (Å²) >= 11 is 0. The molecule has 0 aromatic heterocycles. The molecule has 2 saturated heterocycles. The standard InChI is InChI=1S/C31H31BN2O5/c1-18(2)24-16-26-28(25-17-27(39-32(38)29(24)25)19-8-14-23(35)15-9-19)31(37)34(30(26)36)22-12-10-21(11-13-22)33-20-6-4-3-5-7-20/h3-15,18,25-28,33,35,38H,16-17H2,1-2H3/t25-,26-,27-,28+/m0/s1. The van der Waals surface area contributed by atoms with Gasteiger partial charge in [-0.25, -0.2) is 0 Å². The van der Waals surface area contributed by atoms with Crippen LogP contribution < -0.4 is 10.2 Å². The van der Waals surface area contributed by atoms with E-state index in [9.17, 15) is 19.7 Å². The van der Waals surface area contributed by atoms with Gasteiger partial charge in [0.05, 0.1) is 23.6 Å². The Labute approximate surface area is 228 Å². The van der Waals surface area contributed by atoms with Crippen LogP contribution in [-0.2, 0) is 14.2 Å². The molecule has 3 aromatic rings. The largest absolute Gasteiger partial charge is 0.508 e. The summed E-state index contributed by atoms with van der Waals surface area (Å²) in [6, 6.07) is 23.8. The Morgan fingerprint density at radius 3 is 2.23 bits per heavy atom. The Morgan fingerprint density at radius 2 is 1.56 bits per heavy atom. The molecule has 0 saturated carbocycles. The molecule has 2 heterocycles. The number of nitrogens with one attached hydrogen (secondary N) is 1. The van der Waals surface area contributed by atoms with Gasteiger partial charge in [0, 0.05) is 11.4 Å². The third-order valence-corrected chi connectivity index (χ3v) is 8.30. The summed E-state index contributed by atoms with van der Waals surface area (Å²) in [6.07, 6.45) is 0.455. The molecule has 3 aliphatic rings. The van der Waals surface area contributed by atoms with E-state index in [1.54, 1.807) is 36.4 Å². The van der Waals surface area contributed by atoms with Crippen LogP contribution >= 0.6 is 0 Å². The fraction of sp³-hybridized carbons (Fsp3) is 0.290. The zero-order valence-corrected chi connectivity index (χ0v) is 22.0. The minimum absolute atomic E-state index is 0.104. The second-order valence-electron chi connectivity index (χ2n) is 10.9. The second-order valence-corrected chi connectivity index (χ2v) is 10.9. The minimum atomic E-state index is -1.15. The lowest BCUT2D eigenvalue weighted by atomic mass is 9.54. The SMILES string of the molecule is CC(C)C1=C2B(O)O[C@H](c3ccc(O)cc3)C[C@H]2[C@H]2C(=O)N(c3ccc(Nc4ccccc4)cc3)C(=O)[C@H]2C1. The number of imide groups is 1. The van der Waals surface area contributed by atoms with E-state index in [1.807, 2.05) is 42.5 Å². The van der Waals surface area contributed by atoms with Gasteiger partial charge in [0.15, 0.2) is 0 Å². The molecule has 8 heteroatoms. The lowest BCUT2D eigenvalue weighted by Gasteiger charge is -2.43. The number of phenolic OH excluding ortho intramolecular Hbond substituents is 1. The number of hydrogen-bond acceptors (Lipinski definition) is 6. The van der Waals surface area contributed by atoms with Gasteiger partial charge in [-0.2, -0.15) is 0 Å². The van der Waals surface area contributed by atoms with Crippen molar-refractivity contribution in [2.75, 3.05) is 10.2 Å². The minimum Gasteiger partial charge on any atom is -0.508 e. The average molecular weight is 522 g/mol. The van der Waals surface area contributed by atoms with E-state index in [0.717, 1.165) is 28.0 Å². The molecule has 198 valence electrons. The van der Waals surface area contributed by atoms with Gasteiger partial charge in [0.2, 0.25) is 11.8 Å². The normalized spacial score (nSPS) is 24.7. The molecule has 3 N–H and O–H groups in total. The first-order valence-corrected chi connectivity index (χ1v) is 13.5. The summed E-state index contributed by atoms with van der Waals surface area (Å²) in [5.41, 5.74) is 4.93. The summed E-state index contributed by atoms with van der Waals surface area (Å²) < 4.78 is 6.05. The number of benzene rings is 3. The predicted molar refractivity (Wildman–Crippen MR) is 150 cm³/mol. The van der Waals surface area contributed by atoms with E-state index in [4.69, 9.17) is 4.65 Å². The highest BCUT2D eigenvalue weighted by atomic mass is 16.5. The first kappa shape index (κ1) is 25.4. The number of anilines is 3. The number of amides is 2. The van der Waals surface area contributed by atoms with Crippen LogP contribution in [0.3, 0.4) is 0 Å². The second kappa shape index (κ2) is 10.0. The third kappa shape index (κ3) is 4.53. The maximum Gasteiger partial charge on any atom is 0.487 e. The molecule has 1 aliphatic carbocycles. The predicted octanol–water partition coefficient (Wildman–Crippen LogP) is 5.40. The van der Waals surface area contributed by atoms with Crippen molar-refractivity contribution in [1.82, 2.24) is 0 Å². The first-order valence-electron chi connectivity index (χ1n) is 13.5. The van der Waals surface area contributed by atoms with Crippen LogP contribution in [0.1, 0.15) is 38.4 Å². The van der Waals surface area contributed by atoms with Crippen LogP contribution in [0.15, 0.2) is 89.9 Å². The smallest absolute Gasteiger partial charge is 0.487 e. The van der Waals surface area contributed by atoms with Gasteiger partial charge in [-0.3, -0.25) is 14.5 Å². The van der Waals surface area contributed by atoms with Crippen molar-refractivity contribution in [2.45, 2.75) is 32.8 Å². The van der Waals surface area contributed by atoms with Gasteiger partial charge in [-0.05, 0) is 84.2 Å². The van der Waals surface area contributed by atoms with Crippen molar-refractivity contribution >= 4 is 36.0 Å². The van der Waals surface area contributed by atoms with Crippen molar-refractivity contribution in [2.24, 2.45) is 23.7 Å². The molecule has 39 heavy (non-hydrogen) atoms.